The monoisotopic (exact) mass is 597 g/mol. The number of carbonyl (C=O) groups excluding carboxylic acids is 3. The smallest absolute Gasteiger partial charge is 0.408 e. The molecule has 9 nitrogen and oxygen atoms in total. The van der Waals surface area contributed by atoms with Gasteiger partial charge < -0.3 is 30.1 Å². The van der Waals surface area contributed by atoms with Crippen LogP contribution in [-0.2, 0) is 20.7 Å². The van der Waals surface area contributed by atoms with Crippen molar-refractivity contribution in [1.29, 1.82) is 0 Å². The molecule has 1 aliphatic carbocycles. The second kappa shape index (κ2) is 14.0. The van der Waals surface area contributed by atoms with E-state index < -0.39 is 35.6 Å². The van der Waals surface area contributed by atoms with E-state index in [1.807, 2.05) is 0 Å². The van der Waals surface area contributed by atoms with Gasteiger partial charge in [-0.1, -0.05) is 36.3 Å². The lowest BCUT2D eigenvalue weighted by Gasteiger charge is -2.43. The van der Waals surface area contributed by atoms with Crippen LogP contribution in [0.25, 0.3) is 0 Å². The van der Waals surface area contributed by atoms with Crippen molar-refractivity contribution in [2.24, 2.45) is 0 Å². The average Bonchev–Trinajstić information content (AvgIpc) is 2.96. The lowest BCUT2D eigenvalue weighted by molar-refractivity contribution is -0.145. The van der Waals surface area contributed by atoms with Gasteiger partial charge in [-0.2, -0.15) is 0 Å². The Labute approximate surface area is 258 Å². The minimum absolute atomic E-state index is 0.0778. The first kappa shape index (κ1) is 32.0. The van der Waals surface area contributed by atoms with E-state index >= 15 is 0 Å². The van der Waals surface area contributed by atoms with E-state index in [1.54, 1.807) is 93.4 Å². The Balaban J connectivity index is 1.77. The number of benzene rings is 3. The van der Waals surface area contributed by atoms with Crippen molar-refractivity contribution in [2.75, 3.05) is 12.4 Å². The van der Waals surface area contributed by atoms with Crippen LogP contribution in [0.15, 0.2) is 72.8 Å². The number of rotatable bonds is 10. The molecule has 3 aromatic carbocycles. The number of carbonyl (C=O) groups is 3. The van der Waals surface area contributed by atoms with E-state index in [0.29, 0.717) is 41.0 Å². The number of ether oxygens (including phenoxy) is 2. The normalized spacial score (nSPS) is 14.2. The van der Waals surface area contributed by atoms with Gasteiger partial charge in [-0.25, -0.2) is 4.79 Å². The second-order valence-electron chi connectivity index (χ2n) is 11.8. The zero-order valence-corrected chi connectivity index (χ0v) is 25.5. The van der Waals surface area contributed by atoms with E-state index in [1.165, 1.54) is 12.1 Å². The molecule has 44 heavy (non-hydrogen) atoms. The van der Waals surface area contributed by atoms with Crippen LogP contribution in [-0.4, -0.2) is 52.7 Å². The van der Waals surface area contributed by atoms with Gasteiger partial charge in [0, 0.05) is 23.7 Å². The molecule has 1 aliphatic rings. The average molecular weight is 598 g/mol. The molecule has 3 amide bonds. The van der Waals surface area contributed by atoms with Crippen molar-refractivity contribution in [2.45, 2.75) is 70.2 Å². The van der Waals surface area contributed by atoms with Gasteiger partial charge in [0.05, 0.1) is 7.11 Å². The summed E-state index contributed by atoms with van der Waals surface area (Å²) >= 11 is 0. The largest absolute Gasteiger partial charge is 0.508 e. The number of hydrogen-bond acceptors (Lipinski definition) is 6. The van der Waals surface area contributed by atoms with Crippen LogP contribution in [0, 0.1) is 12.3 Å². The molecule has 3 N–H and O–H groups in total. The fourth-order valence-electron chi connectivity index (χ4n) is 5.05. The first-order chi connectivity index (χ1) is 21.0. The zero-order chi connectivity index (χ0) is 31.9. The predicted molar refractivity (Wildman–Crippen MR) is 168 cm³/mol. The van der Waals surface area contributed by atoms with Gasteiger partial charge in [0.1, 0.15) is 29.2 Å². The maximum Gasteiger partial charge on any atom is 0.408 e. The summed E-state index contributed by atoms with van der Waals surface area (Å²) in [5.41, 5.74) is 1.41. The molecule has 2 atom stereocenters. The van der Waals surface area contributed by atoms with Gasteiger partial charge in [-0.15, -0.1) is 6.42 Å². The van der Waals surface area contributed by atoms with Gasteiger partial charge in [-0.05, 0) is 93.6 Å². The molecule has 2 unspecified atom stereocenters. The summed E-state index contributed by atoms with van der Waals surface area (Å²) < 4.78 is 10.7. The van der Waals surface area contributed by atoms with Crippen molar-refractivity contribution in [3.8, 4) is 23.8 Å². The van der Waals surface area contributed by atoms with Gasteiger partial charge >= 0.3 is 6.09 Å². The standard InChI is InChI=1S/C35H39N3O6/c1-6-24-10-7-8-13-29(24)31(32(40)36-25-16-20-28(43-5)21-17-25)38(26-11-9-12-26)33(41)30(37-34(42)44-35(2,3)4)22-23-14-18-27(39)19-15-23/h1,7-8,10,13-21,26,30-31,39H,9,11-12,22H2,2-5H3,(H,36,40)(H,37,42). The van der Waals surface area contributed by atoms with Gasteiger partial charge in [-0.3, -0.25) is 9.59 Å². The molecule has 0 spiro atoms. The first-order valence-electron chi connectivity index (χ1n) is 14.6. The summed E-state index contributed by atoms with van der Waals surface area (Å²) in [7, 11) is 1.56. The van der Waals surface area contributed by atoms with Gasteiger partial charge in [0.15, 0.2) is 0 Å². The third-order valence-corrected chi connectivity index (χ3v) is 7.38. The Morgan fingerprint density at radius 1 is 1.02 bits per heavy atom. The Hall–Kier alpha value is -4.97. The summed E-state index contributed by atoms with van der Waals surface area (Å²) in [6.45, 7) is 5.21. The van der Waals surface area contributed by atoms with E-state index in [-0.39, 0.29) is 18.2 Å². The second-order valence-corrected chi connectivity index (χ2v) is 11.8. The van der Waals surface area contributed by atoms with Crippen molar-refractivity contribution in [3.63, 3.8) is 0 Å². The van der Waals surface area contributed by atoms with Gasteiger partial charge in [0.25, 0.3) is 5.91 Å². The highest BCUT2D eigenvalue weighted by Gasteiger charge is 2.42. The summed E-state index contributed by atoms with van der Waals surface area (Å²) in [6, 6.07) is 17.9. The molecule has 230 valence electrons. The first-order valence-corrected chi connectivity index (χ1v) is 14.6. The molecular weight excluding hydrogens is 558 g/mol. The number of alkyl carbamates (subject to hydrolysis) is 1. The maximum absolute atomic E-state index is 14.7. The molecule has 1 saturated carbocycles. The molecule has 0 aromatic heterocycles. The van der Waals surface area contributed by atoms with Crippen molar-refractivity contribution >= 4 is 23.6 Å². The van der Waals surface area contributed by atoms with Crippen LogP contribution >= 0.6 is 0 Å². The Bertz CT molecular complexity index is 1500. The van der Waals surface area contributed by atoms with E-state index in [4.69, 9.17) is 15.9 Å². The van der Waals surface area contributed by atoms with Crippen LogP contribution in [0.3, 0.4) is 0 Å². The van der Waals surface area contributed by atoms with E-state index in [9.17, 15) is 19.5 Å². The summed E-state index contributed by atoms with van der Waals surface area (Å²) in [4.78, 5) is 43.4. The molecule has 0 radical (unpaired) electrons. The van der Waals surface area contributed by atoms with Crippen LogP contribution in [0.2, 0.25) is 0 Å². The summed E-state index contributed by atoms with van der Waals surface area (Å²) in [5.74, 6) is 2.48. The number of terminal acetylenes is 1. The molecule has 3 aromatic rings. The van der Waals surface area contributed by atoms with E-state index in [0.717, 1.165) is 6.42 Å². The number of phenols is 1. The number of methoxy groups -OCH3 is 1. The number of hydrogen-bond donors (Lipinski definition) is 3. The third-order valence-electron chi connectivity index (χ3n) is 7.38. The van der Waals surface area contributed by atoms with Crippen molar-refractivity contribution in [1.82, 2.24) is 10.2 Å². The lowest BCUT2D eigenvalue weighted by Crippen LogP contribution is -2.57. The highest BCUT2D eigenvalue weighted by molar-refractivity contribution is 5.99. The zero-order valence-electron chi connectivity index (χ0n) is 25.5. The number of anilines is 1. The third kappa shape index (κ3) is 8.10. The topological polar surface area (TPSA) is 117 Å². The molecule has 0 heterocycles. The lowest BCUT2D eigenvalue weighted by atomic mass is 9.86. The minimum atomic E-state index is -1.09. The molecule has 0 bridgehead atoms. The Kier molecular flexibility index (Phi) is 10.2. The van der Waals surface area contributed by atoms with E-state index in [2.05, 4.69) is 16.6 Å². The molecule has 4 rings (SSSR count). The number of aromatic hydroxyl groups is 1. The van der Waals surface area contributed by atoms with Crippen LogP contribution in [0.1, 0.15) is 62.8 Å². The number of amides is 3. The highest BCUT2D eigenvalue weighted by atomic mass is 16.6. The molecule has 0 aliphatic heterocycles. The van der Waals surface area contributed by atoms with Crippen molar-refractivity contribution in [3.05, 3.63) is 89.5 Å². The number of phenolic OH excluding ortho intramolecular Hbond substituents is 1. The Morgan fingerprint density at radius 3 is 2.25 bits per heavy atom. The molecule has 9 heteroatoms. The maximum atomic E-state index is 14.7. The Morgan fingerprint density at radius 2 is 1.68 bits per heavy atom. The molecular formula is C35H39N3O6. The molecule has 1 fully saturated rings. The van der Waals surface area contributed by atoms with Gasteiger partial charge in [0.2, 0.25) is 5.91 Å². The predicted octanol–water partition coefficient (Wildman–Crippen LogP) is 5.58. The van der Waals surface area contributed by atoms with Crippen LogP contribution in [0.4, 0.5) is 10.5 Å². The number of nitrogens with one attached hydrogen (secondary N) is 2. The van der Waals surface area contributed by atoms with Crippen molar-refractivity contribution < 1.29 is 29.0 Å². The summed E-state index contributed by atoms with van der Waals surface area (Å²) in [5, 5.41) is 15.5. The van der Waals surface area contributed by atoms with Crippen LogP contribution in [0.5, 0.6) is 11.5 Å². The quantitative estimate of drug-likeness (QED) is 0.263. The minimum Gasteiger partial charge on any atom is -0.508 e. The fraction of sp³-hybridized carbons (Fsp3) is 0.343. The molecule has 0 saturated heterocycles. The SMILES string of the molecule is C#Cc1ccccc1C(C(=O)Nc1ccc(OC)cc1)N(C(=O)C(Cc1ccc(O)cc1)NC(=O)OC(C)(C)C)C1CCC1. The fourth-order valence-corrected chi connectivity index (χ4v) is 5.05. The summed E-state index contributed by atoms with van der Waals surface area (Å²) in [6.07, 6.45) is 7.49. The highest BCUT2D eigenvalue weighted by Crippen LogP contribution is 2.36. The number of nitrogens with zero attached hydrogens (tertiary/aromatic N) is 1. The van der Waals surface area contributed by atoms with Crippen LogP contribution < -0.4 is 15.4 Å².